The third kappa shape index (κ3) is 9.17. The first-order valence-electron chi connectivity index (χ1n) is 14.2. The zero-order chi connectivity index (χ0) is 27.1. The molecule has 0 radical (unpaired) electrons. The number of piperidine rings is 1. The van der Waals surface area contributed by atoms with Gasteiger partial charge in [-0.1, -0.05) is 84.9 Å². The minimum Gasteiger partial charge on any atom is -0.377 e. The van der Waals surface area contributed by atoms with Gasteiger partial charge in [0.1, 0.15) is 0 Å². The smallest absolute Gasteiger partial charge is 0.214 e. The highest BCUT2D eigenvalue weighted by atomic mass is 16.5. The fourth-order valence-corrected chi connectivity index (χ4v) is 5.03. The normalized spacial score (nSPS) is 14.6. The molecule has 1 heterocycles. The molecule has 0 atom stereocenters. The van der Waals surface area contributed by atoms with E-state index < -0.39 is 0 Å². The van der Waals surface area contributed by atoms with Crippen molar-refractivity contribution in [3.63, 3.8) is 0 Å². The first-order chi connectivity index (χ1) is 19.2. The van der Waals surface area contributed by atoms with E-state index in [1.54, 1.807) is 0 Å². The van der Waals surface area contributed by atoms with Gasteiger partial charge in [-0.3, -0.25) is 4.79 Å². The van der Waals surface area contributed by atoms with Crippen LogP contribution in [-0.4, -0.2) is 57.3 Å². The van der Waals surface area contributed by atoms with Gasteiger partial charge in [-0.15, -0.1) is 0 Å². The third-order valence-electron chi connectivity index (χ3n) is 7.29. The molecule has 0 N–H and O–H groups in total. The van der Waals surface area contributed by atoms with Gasteiger partial charge in [-0.25, -0.2) is 0 Å². The number of ether oxygens (including phenoxy) is 2. The second-order valence-electron chi connectivity index (χ2n) is 10.3. The van der Waals surface area contributed by atoms with E-state index in [2.05, 4.69) is 66.6 Å². The van der Waals surface area contributed by atoms with Gasteiger partial charge >= 0.3 is 0 Å². The molecule has 1 aliphatic rings. The van der Waals surface area contributed by atoms with E-state index in [-0.39, 0.29) is 6.04 Å². The Hall–Kier alpha value is -3.25. The molecule has 0 unspecified atom stereocenters. The number of hydrogen-bond acceptors (Lipinski definition) is 4. The summed E-state index contributed by atoms with van der Waals surface area (Å²) in [5.41, 5.74) is 5.47. The predicted molar refractivity (Wildman–Crippen MR) is 161 cm³/mol. The Labute approximate surface area is 234 Å². The zero-order valence-corrected chi connectivity index (χ0v) is 23.2. The fourth-order valence-electron chi connectivity index (χ4n) is 5.03. The van der Waals surface area contributed by atoms with Crippen LogP contribution in [0.25, 0.3) is 17.2 Å². The van der Waals surface area contributed by atoms with Crippen LogP contribution in [0.15, 0.2) is 84.9 Å². The summed E-state index contributed by atoms with van der Waals surface area (Å²) < 4.78 is 11.6. The van der Waals surface area contributed by atoms with E-state index in [4.69, 9.17) is 9.47 Å². The largest absolute Gasteiger partial charge is 0.377 e. The molecule has 1 fully saturated rings. The molecular formula is C34H42N2O3. The summed E-state index contributed by atoms with van der Waals surface area (Å²) >= 11 is 0. The Morgan fingerprint density at radius 2 is 1.56 bits per heavy atom. The summed E-state index contributed by atoms with van der Waals surface area (Å²) in [7, 11) is 2.14. The number of benzene rings is 3. The molecular weight excluding hydrogens is 484 g/mol. The minimum atomic E-state index is 0.215. The van der Waals surface area contributed by atoms with E-state index in [9.17, 15) is 4.79 Å². The van der Waals surface area contributed by atoms with Gasteiger partial charge in [0.2, 0.25) is 6.41 Å². The van der Waals surface area contributed by atoms with Gasteiger partial charge < -0.3 is 19.3 Å². The number of unbranched alkanes of at least 4 members (excludes halogenated alkanes) is 2. The topological polar surface area (TPSA) is 42.0 Å². The lowest BCUT2D eigenvalue weighted by atomic mass is 9.97. The molecule has 39 heavy (non-hydrogen) atoms. The van der Waals surface area contributed by atoms with E-state index >= 15 is 0 Å². The number of rotatable bonds is 15. The van der Waals surface area contributed by atoms with Crippen LogP contribution in [0.4, 0.5) is 5.69 Å². The summed E-state index contributed by atoms with van der Waals surface area (Å²) in [5.74, 6) is 0. The Balaban J connectivity index is 1.26. The lowest BCUT2D eigenvalue weighted by molar-refractivity contribution is -0.108. The maximum Gasteiger partial charge on any atom is 0.214 e. The van der Waals surface area contributed by atoms with Crippen LogP contribution in [0.1, 0.15) is 43.2 Å². The Morgan fingerprint density at radius 1 is 0.872 bits per heavy atom. The van der Waals surface area contributed by atoms with Crippen LogP contribution in [0.3, 0.4) is 0 Å². The molecule has 1 aliphatic heterocycles. The van der Waals surface area contributed by atoms with Crippen molar-refractivity contribution in [2.75, 3.05) is 44.9 Å². The number of nitrogens with zero attached hydrogens (tertiary/aromatic N) is 2. The third-order valence-corrected chi connectivity index (χ3v) is 7.29. The number of anilines is 1. The lowest BCUT2D eigenvalue weighted by Crippen LogP contribution is -2.43. The average molecular weight is 527 g/mol. The van der Waals surface area contributed by atoms with Crippen LogP contribution >= 0.6 is 0 Å². The van der Waals surface area contributed by atoms with Crippen molar-refractivity contribution in [2.24, 2.45) is 0 Å². The molecule has 3 aromatic carbocycles. The van der Waals surface area contributed by atoms with Crippen molar-refractivity contribution in [1.29, 1.82) is 0 Å². The molecule has 5 heteroatoms. The van der Waals surface area contributed by atoms with Crippen LogP contribution < -0.4 is 4.90 Å². The second-order valence-corrected chi connectivity index (χ2v) is 10.3. The monoisotopic (exact) mass is 526 g/mol. The van der Waals surface area contributed by atoms with Gasteiger partial charge in [0.15, 0.2) is 0 Å². The Morgan fingerprint density at radius 3 is 2.28 bits per heavy atom. The molecule has 1 amide bonds. The molecule has 0 saturated carbocycles. The van der Waals surface area contributed by atoms with Gasteiger partial charge in [-0.2, -0.15) is 0 Å². The first-order valence-corrected chi connectivity index (χ1v) is 14.2. The standard InChI is InChI=1S/C34H42N2O3/c1-35-21-19-32(20-22-35)36(28-37)34-26-29(17-18-33(34)31-15-7-3-8-16-31)14-11-25-38-23-9-4-10-24-39-27-30-12-5-2-6-13-30/h2-3,5-8,11-18,26,28,32H,4,9-10,19-25,27H2,1H3. The molecule has 3 aromatic rings. The molecule has 0 aliphatic carbocycles. The molecule has 4 rings (SSSR count). The maximum absolute atomic E-state index is 12.4. The molecule has 0 spiro atoms. The van der Waals surface area contributed by atoms with Crippen molar-refractivity contribution in [3.05, 3.63) is 96.1 Å². The van der Waals surface area contributed by atoms with Crippen LogP contribution in [0, 0.1) is 0 Å². The van der Waals surface area contributed by atoms with E-state index in [0.717, 1.165) is 87.2 Å². The van der Waals surface area contributed by atoms with Gasteiger partial charge in [0.25, 0.3) is 0 Å². The van der Waals surface area contributed by atoms with Crippen LogP contribution in [-0.2, 0) is 20.9 Å². The van der Waals surface area contributed by atoms with Crippen LogP contribution in [0.2, 0.25) is 0 Å². The van der Waals surface area contributed by atoms with Crippen molar-refractivity contribution in [1.82, 2.24) is 4.90 Å². The number of likely N-dealkylation sites (tertiary alicyclic amines) is 1. The van der Waals surface area contributed by atoms with Crippen molar-refractivity contribution in [2.45, 2.75) is 44.8 Å². The predicted octanol–water partition coefficient (Wildman–Crippen LogP) is 6.83. The van der Waals surface area contributed by atoms with Crippen molar-refractivity contribution >= 4 is 18.2 Å². The van der Waals surface area contributed by atoms with E-state index in [1.807, 2.05) is 41.3 Å². The summed E-state index contributed by atoms with van der Waals surface area (Å²) in [5, 5.41) is 0. The maximum atomic E-state index is 12.4. The minimum absolute atomic E-state index is 0.215. The van der Waals surface area contributed by atoms with Crippen LogP contribution in [0.5, 0.6) is 0 Å². The Bertz CT molecular complexity index is 1140. The molecule has 1 saturated heterocycles. The summed E-state index contributed by atoms with van der Waals surface area (Å²) in [6.07, 6.45) is 10.3. The number of amides is 1. The Kier molecular flexibility index (Phi) is 11.8. The first kappa shape index (κ1) is 28.8. The average Bonchev–Trinajstić information content (AvgIpc) is 2.98. The lowest BCUT2D eigenvalue weighted by Gasteiger charge is -2.36. The number of hydrogen-bond donors (Lipinski definition) is 0. The molecule has 206 valence electrons. The highest BCUT2D eigenvalue weighted by molar-refractivity contribution is 5.89. The fraction of sp³-hybridized carbons (Fsp3) is 0.382. The summed E-state index contributed by atoms with van der Waals surface area (Å²) in [6, 6.07) is 27.2. The summed E-state index contributed by atoms with van der Waals surface area (Å²) in [4.78, 5) is 16.6. The number of carbonyl (C=O) groups is 1. The molecule has 0 aromatic heterocycles. The summed E-state index contributed by atoms with van der Waals surface area (Å²) in [6.45, 7) is 4.80. The molecule has 0 bridgehead atoms. The van der Waals surface area contributed by atoms with E-state index in [0.29, 0.717) is 13.2 Å². The molecule has 5 nitrogen and oxygen atoms in total. The van der Waals surface area contributed by atoms with Gasteiger partial charge in [0.05, 0.1) is 18.9 Å². The zero-order valence-electron chi connectivity index (χ0n) is 23.2. The number of carbonyl (C=O) groups excluding carboxylic acids is 1. The van der Waals surface area contributed by atoms with Crippen molar-refractivity contribution in [3.8, 4) is 11.1 Å². The highest BCUT2D eigenvalue weighted by Crippen LogP contribution is 2.34. The second kappa shape index (κ2) is 16.0. The van der Waals surface area contributed by atoms with Crippen molar-refractivity contribution < 1.29 is 14.3 Å². The SMILES string of the molecule is CN1CCC(N(C=O)c2cc(C=CCOCCCCCOCc3ccccc3)ccc2-c2ccccc2)CC1. The van der Waals surface area contributed by atoms with E-state index in [1.165, 1.54) is 5.56 Å². The highest BCUT2D eigenvalue weighted by Gasteiger charge is 2.25. The van der Waals surface area contributed by atoms with Gasteiger partial charge in [-0.05, 0) is 75.0 Å². The quantitative estimate of drug-likeness (QED) is 0.161. The van der Waals surface area contributed by atoms with Gasteiger partial charge in [0, 0.05) is 24.8 Å².